The maximum absolute atomic E-state index is 12.0. The van der Waals surface area contributed by atoms with E-state index in [9.17, 15) is 13.5 Å². The molecule has 18 heavy (non-hydrogen) atoms. The first-order valence-corrected chi connectivity index (χ1v) is 7.23. The van der Waals surface area contributed by atoms with Gasteiger partial charge in [0.25, 0.3) is 0 Å². The molecule has 4 N–H and O–H groups in total. The lowest BCUT2D eigenvalue weighted by molar-refractivity contribution is 0.0857. The highest BCUT2D eigenvalue weighted by atomic mass is 35.5. The van der Waals surface area contributed by atoms with Gasteiger partial charge in [-0.2, -0.15) is 0 Å². The molecule has 0 saturated carbocycles. The van der Waals surface area contributed by atoms with E-state index >= 15 is 0 Å². The minimum atomic E-state index is -3.90. The van der Waals surface area contributed by atoms with Gasteiger partial charge < -0.3 is 10.8 Å². The van der Waals surface area contributed by atoms with Crippen LogP contribution in [0.25, 0.3) is 0 Å². The summed E-state index contributed by atoms with van der Waals surface area (Å²) in [5.74, 6) is 0. The summed E-state index contributed by atoms with van der Waals surface area (Å²) in [4.78, 5) is -0.246. The van der Waals surface area contributed by atoms with Crippen LogP contribution in [0.4, 0.5) is 5.69 Å². The maximum Gasteiger partial charge on any atom is 0.243 e. The van der Waals surface area contributed by atoms with Crippen molar-refractivity contribution in [3.8, 4) is 0 Å². The van der Waals surface area contributed by atoms with Crippen molar-refractivity contribution in [2.45, 2.75) is 24.3 Å². The molecule has 0 fully saturated rings. The van der Waals surface area contributed by atoms with Crippen LogP contribution in [0.3, 0.4) is 0 Å². The predicted molar refractivity (Wildman–Crippen MR) is 72.4 cm³/mol. The number of halogens is 2. The zero-order valence-electron chi connectivity index (χ0n) is 9.87. The van der Waals surface area contributed by atoms with Crippen LogP contribution < -0.4 is 10.5 Å². The first kappa shape index (κ1) is 15.5. The van der Waals surface area contributed by atoms with Crippen molar-refractivity contribution in [1.82, 2.24) is 4.72 Å². The van der Waals surface area contributed by atoms with Gasteiger partial charge in [-0.25, -0.2) is 13.1 Å². The van der Waals surface area contributed by atoms with Gasteiger partial charge in [-0.15, -0.1) is 0 Å². The molecule has 5 nitrogen and oxygen atoms in total. The molecule has 0 aliphatic carbocycles. The molecular weight excluding hydrogens is 299 g/mol. The molecule has 0 radical (unpaired) electrons. The lowest BCUT2D eigenvalue weighted by Crippen LogP contribution is -2.38. The number of nitrogens with two attached hydrogens (primary N) is 1. The Morgan fingerprint density at radius 1 is 1.33 bits per heavy atom. The van der Waals surface area contributed by atoms with Gasteiger partial charge in [0, 0.05) is 12.2 Å². The van der Waals surface area contributed by atoms with E-state index in [-0.39, 0.29) is 27.2 Å². The third-order valence-corrected chi connectivity index (χ3v) is 4.31. The number of aliphatic hydroxyl groups is 1. The second-order valence-corrected chi connectivity index (χ2v) is 6.97. The van der Waals surface area contributed by atoms with E-state index in [1.54, 1.807) is 0 Å². The summed E-state index contributed by atoms with van der Waals surface area (Å²) >= 11 is 11.6. The van der Waals surface area contributed by atoms with Crippen LogP contribution in [-0.4, -0.2) is 25.7 Å². The van der Waals surface area contributed by atoms with Gasteiger partial charge in [0.1, 0.15) is 4.90 Å². The normalized spacial score (nSPS) is 12.7. The van der Waals surface area contributed by atoms with E-state index in [1.165, 1.54) is 26.0 Å². The summed E-state index contributed by atoms with van der Waals surface area (Å²) in [5, 5.41) is 9.36. The molecule has 0 amide bonds. The molecule has 0 saturated heterocycles. The molecule has 0 aliphatic rings. The number of sulfonamides is 1. The van der Waals surface area contributed by atoms with Gasteiger partial charge in [-0.05, 0) is 26.0 Å². The maximum atomic E-state index is 12.0. The lowest BCUT2D eigenvalue weighted by atomic mass is 10.1. The number of hydrogen-bond acceptors (Lipinski definition) is 4. The molecule has 1 aromatic rings. The fourth-order valence-corrected chi connectivity index (χ4v) is 3.61. The highest BCUT2D eigenvalue weighted by Crippen LogP contribution is 2.31. The molecule has 0 bridgehead atoms. The number of rotatable bonds is 4. The Morgan fingerprint density at radius 3 is 2.17 bits per heavy atom. The van der Waals surface area contributed by atoms with Gasteiger partial charge in [0.05, 0.1) is 15.6 Å². The van der Waals surface area contributed by atoms with Crippen LogP contribution in [0.15, 0.2) is 17.0 Å². The predicted octanol–water partition coefficient (Wildman–Crippen LogP) is 1.62. The first-order valence-electron chi connectivity index (χ1n) is 4.99. The van der Waals surface area contributed by atoms with Gasteiger partial charge in [0.2, 0.25) is 10.0 Å². The third kappa shape index (κ3) is 4.00. The van der Waals surface area contributed by atoms with Gasteiger partial charge in [-0.1, -0.05) is 23.2 Å². The van der Waals surface area contributed by atoms with E-state index in [0.717, 1.165) is 0 Å². The van der Waals surface area contributed by atoms with Crippen LogP contribution in [-0.2, 0) is 10.0 Å². The van der Waals surface area contributed by atoms with Crippen molar-refractivity contribution in [3.05, 3.63) is 22.2 Å². The summed E-state index contributed by atoms with van der Waals surface area (Å²) in [6.45, 7) is 2.79. The number of hydrogen-bond donors (Lipinski definition) is 3. The zero-order chi connectivity index (χ0) is 14.1. The zero-order valence-corrected chi connectivity index (χ0v) is 12.2. The molecule has 0 aliphatic heterocycles. The molecule has 0 heterocycles. The van der Waals surface area contributed by atoms with Crippen molar-refractivity contribution in [3.63, 3.8) is 0 Å². The number of nitrogens with one attached hydrogen (secondary N) is 1. The second-order valence-electron chi connectivity index (χ2n) is 4.45. The molecule has 0 spiro atoms. The Bertz CT molecular complexity index is 530. The third-order valence-electron chi connectivity index (χ3n) is 1.98. The highest BCUT2D eigenvalue weighted by molar-refractivity contribution is 7.89. The summed E-state index contributed by atoms with van der Waals surface area (Å²) in [5.41, 5.74) is 4.58. The van der Waals surface area contributed by atoms with E-state index in [0.29, 0.717) is 0 Å². The number of benzene rings is 1. The number of anilines is 1. The van der Waals surface area contributed by atoms with Crippen molar-refractivity contribution in [2.75, 3.05) is 12.3 Å². The highest BCUT2D eigenvalue weighted by Gasteiger charge is 2.24. The van der Waals surface area contributed by atoms with Crippen molar-refractivity contribution >= 4 is 38.9 Å². The van der Waals surface area contributed by atoms with Gasteiger partial charge in [-0.3, -0.25) is 0 Å². The monoisotopic (exact) mass is 312 g/mol. The summed E-state index contributed by atoms with van der Waals surface area (Å²) in [6.07, 6.45) is 0. The van der Waals surface area contributed by atoms with Gasteiger partial charge >= 0.3 is 0 Å². The Balaban J connectivity index is 3.14. The summed E-state index contributed by atoms with van der Waals surface area (Å²) in [6, 6.07) is 2.60. The standard InChI is InChI=1S/C10H14Cl2N2O3S/c1-10(2,15)5-14-18(16,17)9-7(11)3-6(13)4-8(9)12/h3-4,14-15H,5,13H2,1-2H3. The summed E-state index contributed by atoms with van der Waals surface area (Å²) in [7, 11) is -3.90. The van der Waals surface area contributed by atoms with Crippen LogP contribution in [0.5, 0.6) is 0 Å². The minimum absolute atomic E-state index is 0.0664. The fraction of sp³-hybridized carbons (Fsp3) is 0.400. The Morgan fingerprint density at radius 2 is 1.78 bits per heavy atom. The average molecular weight is 313 g/mol. The molecule has 0 aromatic heterocycles. The van der Waals surface area contributed by atoms with Crippen molar-refractivity contribution in [1.29, 1.82) is 0 Å². The van der Waals surface area contributed by atoms with E-state index in [2.05, 4.69) is 4.72 Å². The van der Waals surface area contributed by atoms with E-state index in [1.807, 2.05) is 0 Å². The quantitative estimate of drug-likeness (QED) is 0.737. The minimum Gasteiger partial charge on any atom is -0.399 e. The lowest BCUT2D eigenvalue weighted by Gasteiger charge is -2.18. The molecule has 0 unspecified atom stereocenters. The van der Waals surface area contributed by atoms with Crippen LogP contribution >= 0.6 is 23.2 Å². The molecule has 0 atom stereocenters. The molecular formula is C10H14Cl2N2O3S. The van der Waals surface area contributed by atoms with Crippen LogP contribution in [0.2, 0.25) is 10.0 Å². The first-order chi connectivity index (χ1) is 8.03. The van der Waals surface area contributed by atoms with Crippen molar-refractivity contribution < 1.29 is 13.5 Å². The summed E-state index contributed by atoms with van der Waals surface area (Å²) < 4.78 is 26.2. The molecule has 1 aromatic carbocycles. The SMILES string of the molecule is CC(C)(O)CNS(=O)(=O)c1c(Cl)cc(N)cc1Cl. The molecule has 8 heteroatoms. The average Bonchev–Trinajstić information content (AvgIpc) is 2.11. The Labute approximate surface area is 116 Å². The molecule has 1 rings (SSSR count). The smallest absolute Gasteiger partial charge is 0.243 e. The number of nitrogen functional groups attached to an aromatic ring is 1. The molecule has 102 valence electrons. The van der Waals surface area contributed by atoms with E-state index in [4.69, 9.17) is 28.9 Å². The van der Waals surface area contributed by atoms with Crippen LogP contribution in [0.1, 0.15) is 13.8 Å². The van der Waals surface area contributed by atoms with Gasteiger partial charge in [0.15, 0.2) is 0 Å². The topological polar surface area (TPSA) is 92.4 Å². The van der Waals surface area contributed by atoms with Crippen molar-refractivity contribution in [2.24, 2.45) is 0 Å². The Hall–Kier alpha value is -0.530. The Kier molecular flexibility index (Phi) is 4.51. The van der Waals surface area contributed by atoms with E-state index < -0.39 is 15.6 Å². The van der Waals surface area contributed by atoms with Crippen LogP contribution in [0, 0.1) is 0 Å². The fourth-order valence-electron chi connectivity index (χ4n) is 1.18. The second kappa shape index (κ2) is 5.22. The largest absolute Gasteiger partial charge is 0.399 e.